The smallest absolute Gasteiger partial charge is 0.129 e. The summed E-state index contributed by atoms with van der Waals surface area (Å²) in [5, 5.41) is 3.20. The summed E-state index contributed by atoms with van der Waals surface area (Å²) in [6.07, 6.45) is 2.01. The molecule has 1 unspecified atom stereocenters. The molecule has 0 fully saturated rings. The van der Waals surface area contributed by atoms with Gasteiger partial charge >= 0.3 is 0 Å². The van der Waals surface area contributed by atoms with E-state index in [0.29, 0.717) is 0 Å². The fourth-order valence-electron chi connectivity index (χ4n) is 1.82. The van der Waals surface area contributed by atoms with Gasteiger partial charge in [-0.1, -0.05) is 42.8 Å². The van der Waals surface area contributed by atoms with Gasteiger partial charge < -0.3 is 5.32 Å². The third-order valence-electron chi connectivity index (χ3n) is 2.87. The van der Waals surface area contributed by atoms with Crippen LogP contribution in [0.25, 0.3) is 0 Å². The Hall–Kier alpha value is -0.410. The molecule has 0 heterocycles. The quantitative estimate of drug-likeness (QED) is 0.852. The molecule has 0 aliphatic heterocycles. The van der Waals surface area contributed by atoms with Gasteiger partial charge in [-0.15, -0.1) is 0 Å². The van der Waals surface area contributed by atoms with Gasteiger partial charge in [0, 0.05) is 16.1 Å². The van der Waals surface area contributed by atoms with Gasteiger partial charge in [0.1, 0.15) is 5.82 Å². The van der Waals surface area contributed by atoms with Crippen molar-refractivity contribution in [1.29, 1.82) is 0 Å². The molecule has 0 saturated carbocycles. The van der Waals surface area contributed by atoms with E-state index >= 15 is 0 Å². The van der Waals surface area contributed by atoms with Crippen LogP contribution in [0, 0.1) is 11.2 Å². The zero-order chi connectivity index (χ0) is 13.1. The number of rotatable bonds is 4. The van der Waals surface area contributed by atoms with E-state index in [0.717, 1.165) is 22.9 Å². The highest BCUT2D eigenvalue weighted by Gasteiger charge is 2.18. The second-order valence-electron chi connectivity index (χ2n) is 5.61. The van der Waals surface area contributed by atoms with Gasteiger partial charge in [0.25, 0.3) is 0 Å². The molecule has 0 aliphatic rings. The van der Waals surface area contributed by atoms with Crippen molar-refractivity contribution in [3.05, 3.63) is 34.1 Å². The van der Waals surface area contributed by atoms with Crippen LogP contribution in [0.1, 0.15) is 45.2 Å². The maximum atomic E-state index is 13.8. The van der Waals surface area contributed by atoms with Crippen LogP contribution in [0.4, 0.5) is 4.39 Å². The Kier molecular flexibility index (Phi) is 5.14. The highest BCUT2D eigenvalue weighted by atomic mass is 79.9. The number of hydrogen-bond acceptors (Lipinski definition) is 1. The largest absolute Gasteiger partial charge is 0.313 e. The summed E-state index contributed by atoms with van der Waals surface area (Å²) < 4.78 is 14.6. The van der Waals surface area contributed by atoms with Crippen LogP contribution in [0.3, 0.4) is 0 Å². The fraction of sp³-hybridized carbons (Fsp3) is 0.571. The molecule has 1 N–H and O–H groups in total. The summed E-state index contributed by atoms with van der Waals surface area (Å²) in [6, 6.07) is 5.35. The predicted octanol–water partition coefficient (Wildman–Crippen LogP) is 4.68. The average molecular weight is 302 g/mol. The van der Waals surface area contributed by atoms with Crippen LogP contribution in [0.5, 0.6) is 0 Å². The zero-order valence-corrected chi connectivity index (χ0v) is 12.6. The summed E-state index contributed by atoms with van der Waals surface area (Å²) in [6.45, 7) is 6.62. The van der Waals surface area contributed by atoms with Gasteiger partial charge in [0.2, 0.25) is 0 Å². The molecule has 17 heavy (non-hydrogen) atoms. The Bertz CT molecular complexity index is 371. The first-order valence-corrected chi connectivity index (χ1v) is 6.75. The summed E-state index contributed by atoms with van der Waals surface area (Å²) in [5.74, 6) is -0.146. The van der Waals surface area contributed by atoms with Crippen LogP contribution in [-0.2, 0) is 0 Å². The molecule has 1 nitrogen and oxygen atoms in total. The topological polar surface area (TPSA) is 12.0 Å². The molecular formula is C14H21BrFN. The summed E-state index contributed by atoms with van der Waals surface area (Å²) in [7, 11) is 1.88. The second-order valence-corrected chi connectivity index (χ2v) is 6.52. The predicted molar refractivity (Wildman–Crippen MR) is 74.6 cm³/mol. The van der Waals surface area contributed by atoms with E-state index < -0.39 is 0 Å². The van der Waals surface area contributed by atoms with E-state index in [1.54, 1.807) is 0 Å². The first kappa shape index (κ1) is 14.7. The molecule has 0 bridgehead atoms. The molecule has 0 saturated heterocycles. The van der Waals surface area contributed by atoms with E-state index in [1.807, 2.05) is 19.2 Å². The van der Waals surface area contributed by atoms with E-state index in [2.05, 4.69) is 42.0 Å². The van der Waals surface area contributed by atoms with E-state index in [9.17, 15) is 4.39 Å². The Labute approximate surface area is 112 Å². The van der Waals surface area contributed by atoms with Gasteiger partial charge in [-0.3, -0.25) is 0 Å². The van der Waals surface area contributed by atoms with Crippen molar-refractivity contribution in [2.45, 2.75) is 39.7 Å². The number of nitrogens with one attached hydrogen (secondary N) is 1. The molecule has 0 spiro atoms. The van der Waals surface area contributed by atoms with Gasteiger partial charge in [-0.2, -0.15) is 0 Å². The van der Waals surface area contributed by atoms with Crippen molar-refractivity contribution in [3.63, 3.8) is 0 Å². The first-order chi connectivity index (χ1) is 7.83. The first-order valence-electron chi connectivity index (χ1n) is 5.96. The highest BCUT2D eigenvalue weighted by Crippen LogP contribution is 2.29. The molecule has 0 radical (unpaired) electrons. The highest BCUT2D eigenvalue weighted by molar-refractivity contribution is 9.10. The van der Waals surface area contributed by atoms with Gasteiger partial charge in [-0.25, -0.2) is 4.39 Å². The Morgan fingerprint density at radius 2 is 2.00 bits per heavy atom. The van der Waals surface area contributed by atoms with Gasteiger partial charge in [0.05, 0.1) is 0 Å². The molecule has 1 rings (SSSR count). The molecule has 3 heteroatoms. The van der Waals surface area contributed by atoms with Crippen molar-refractivity contribution < 1.29 is 4.39 Å². The van der Waals surface area contributed by atoms with E-state index in [1.165, 1.54) is 6.07 Å². The summed E-state index contributed by atoms with van der Waals surface area (Å²) >= 11 is 3.28. The van der Waals surface area contributed by atoms with Crippen LogP contribution >= 0.6 is 15.9 Å². The monoisotopic (exact) mass is 301 g/mol. The number of halogens is 2. The van der Waals surface area contributed by atoms with Gasteiger partial charge in [-0.05, 0) is 37.4 Å². The lowest BCUT2D eigenvalue weighted by atomic mass is 9.87. The van der Waals surface area contributed by atoms with Gasteiger partial charge in [0.15, 0.2) is 0 Å². The molecule has 0 amide bonds. The van der Waals surface area contributed by atoms with Crippen molar-refractivity contribution in [2.24, 2.45) is 5.41 Å². The molecule has 1 aromatic carbocycles. The van der Waals surface area contributed by atoms with Crippen LogP contribution in [-0.4, -0.2) is 7.05 Å². The van der Waals surface area contributed by atoms with Crippen molar-refractivity contribution >= 4 is 15.9 Å². The molecule has 0 aliphatic carbocycles. The minimum absolute atomic E-state index is 0.0855. The van der Waals surface area contributed by atoms with Crippen molar-refractivity contribution in [3.8, 4) is 0 Å². The zero-order valence-electron chi connectivity index (χ0n) is 11.0. The lowest BCUT2D eigenvalue weighted by Gasteiger charge is -2.23. The summed E-state index contributed by atoms with van der Waals surface area (Å²) in [4.78, 5) is 0. The molecule has 96 valence electrons. The third kappa shape index (κ3) is 4.76. The van der Waals surface area contributed by atoms with Crippen molar-refractivity contribution in [2.75, 3.05) is 7.05 Å². The van der Waals surface area contributed by atoms with Crippen LogP contribution < -0.4 is 5.32 Å². The lowest BCUT2D eigenvalue weighted by Crippen LogP contribution is -2.20. The second kappa shape index (κ2) is 5.96. The Morgan fingerprint density at radius 1 is 1.35 bits per heavy atom. The van der Waals surface area contributed by atoms with E-state index in [-0.39, 0.29) is 17.3 Å². The molecule has 0 aromatic heterocycles. The average Bonchev–Trinajstić information content (AvgIpc) is 2.19. The maximum absolute atomic E-state index is 13.8. The van der Waals surface area contributed by atoms with E-state index in [4.69, 9.17) is 0 Å². The van der Waals surface area contributed by atoms with Crippen LogP contribution in [0.15, 0.2) is 22.7 Å². The molecular weight excluding hydrogens is 281 g/mol. The standard InChI is InChI=1S/C14H21BrFN/c1-14(2,3)8-7-13(17-4)11-6-5-10(15)9-12(11)16/h5-6,9,13,17H,7-8H2,1-4H3. The fourth-order valence-corrected chi connectivity index (χ4v) is 2.15. The third-order valence-corrected chi connectivity index (χ3v) is 3.36. The Morgan fingerprint density at radius 3 is 2.47 bits per heavy atom. The normalized spacial score (nSPS) is 13.8. The number of hydrogen-bond donors (Lipinski definition) is 1. The summed E-state index contributed by atoms with van der Waals surface area (Å²) in [5.41, 5.74) is 1.03. The lowest BCUT2D eigenvalue weighted by molar-refractivity contribution is 0.335. The van der Waals surface area contributed by atoms with Crippen molar-refractivity contribution in [1.82, 2.24) is 5.32 Å². The minimum atomic E-state index is -0.146. The minimum Gasteiger partial charge on any atom is -0.313 e. The Balaban J connectivity index is 2.79. The van der Waals surface area contributed by atoms with Crippen LogP contribution in [0.2, 0.25) is 0 Å². The molecule has 1 aromatic rings. The SMILES string of the molecule is CNC(CCC(C)(C)C)c1ccc(Br)cc1F. The number of benzene rings is 1. The molecule has 1 atom stereocenters. The maximum Gasteiger partial charge on any atom is 0.129 e.